The number of carboxylic acids is 1. The summed E-state index contributed by atoms with van der Waals surface area (Å²) in [6.45, 7) is 4.58. The van der Waals surface area contributed by atoms with Gasteiger partial charge in [0.25, 0.3) is 0 Å². The van der Waals surface area contributed by atoms with Gasteiger partial charge in [-0.25, -0.2) is 0 Å². The second-order valence-electron chi connectivity index (χ2n) is 5.00. The van der Waals surface area contributed by atoms with Crippen molar-refractivity contribution in [2.75, 3.05) is 19.3 Å². The molecular formula is C14H24Cl2N2O2. The first-order valence-corrected chi connectivity index (χ1v) is 6.19. The number of hydrogen-bond acceptors (Lipinski definition) is 3. The summed E-state index contributed by atoms with van der Waals surface area (Å²) in [7, 11) is 1.86. The lowest BCUT2D eigenvalue weighted by molar-refractivity contribution is -0.144. The number of anilines is 1. The fraction of sp³-hybridized carbons (Fsp3) is 0.500. The molecule has 0 bridgehead atoms. The summed E-state index contributed by atoms with van der Waals surface area (Å²) < 4.78 is 0. The first-order valence-electron chi connectivity index (χ1n) is 6.19. The molecule has 0 aliphatic carbocycles. The van der Waals surface area contributed by atoms with Crippen molar-refractivity contribution >= 4 is 36.5 Å². The Hall–Kier alpha value is -0.970. The molecule has 1 atom stereocenters. The molecule has 20 heavy (non-hydrogen) atoms. The van der Waals surface area contributed by atoms with Crippen molar-refractivity contribution in [2.45, 2.75) is 26.3 Å². The quantitative estimate of drug-likeness (QED) is 0.790. The standard InChI is InChI=1S/C14H22N2O2.2ClH/c1-10(2)13(14(17)18)16(3)9-8-11-4-6-12(15)7-5-11;;/h4-7,10,13H,8-9,15H2,1-3H3,(H,17,18);2*1H/t13-;;/m0../s1. The topological polar surface area (TPSA) is 66.6 Å². The van der Waals surface area contributed by atoms with Crippen molar-refractivity contribution in [1.29, 1.82) is 0 Å². The lowest BCUT2D eigenvalue weighted by Gasteiger charge is -2.27. The molecule has 0 heterocycles. The van der Waals surface area contributed by atoms with Gasteiger partial charge in [-0.3, -0.25) is 9.69 Å². The van der Waals surface area contributed by atoms with Crippen LogP contribution in [0.15, 0.2) is 24.3 Å². The van der Waals surface area contributed by atoms with Gasteiger partial charge in [0.2, 0.25) is 0 Å². The highest BCUT2D eigenvalue weighted by Gasteiger charge is 2.25. The van der Waals surface area contributed by atoms with Crippen LogP contribution in [0.3, 0.4) is 0 Å². The Labute approximate surface area is 133 Å². The highest BCUT2D eigenvalue weighted by Crippen LogP contribution is 2.11. The molecule has 0 aliphatic heterocycles. The van der Waals surface area contributed by atoms with E-state index in [0.29, 0.717) is 0 Å². The second-order valence-corrected chi connectivity index (χ2v) is 5.00. The van der Waals surface area contributed by atoms with E-state index >= 15 is 0 Å². The summed E-state index contributed by atoms with van der Waals surface area (Å²) in [5, 5.41) is 9.19. The molecule has 4 nitrogen and oxygen atoms in total. The molecule has 0 unspecified atom stereocenters. The van der Waals surface area contributed by atoms with Gasteiger partial charge < -0.3 is 10.8 Å². The van der Waals surface area contributed by atoms with Crippen LogP contribution in [0.4, 0.5) is 5.69 Å². The Morgan fingerprint density at radius 3 is 2.15 bits per heavy atom. The molecular weight excluding hydrogens is 299 g/mol. The molecule has 1 aromatic carbocycles. The van der Waals surface area contributed by atoms with Gasteiger partial charge in [0.05, 0.1) is 0 Å². The first kappa shape index (κ1) is 21.3. The summed E-state index contributed by atoms with van der Waals surface area (Å²) in [6, 6.07) is 7.26. The molecule has 3 N–H and O–H groups in total. The van der Waals surface area contributed by atoms with Gasteiger partial charge in [-0.1, -0.05) is 26.0 Å². The predicted octanol–water partition coefficient (Wildman–Crippen LogP) is 2.70. The van der Waals surface area contributed by atoms with Crippen molar-refractivity contribution in [3.63, 3.8) is 0 Å². The molecule has 0 saturated heterocycles. The van der Waals surface area contributed by atoms with Crippen LogP contribution in [-0.2, 0) is 11.2 Å². The molecule has 0 spiro atoms. The lowest BCUT2D eigenvalue weighted by Crippen LogP contribution is -2.43. The van der Waals surface area contributed by atoms with Gasteiger partial charge >= 0.3 is 5.97 Å². The van der Waals surface area contributed by atoms with E-state index in [0.717, 1.165) is 18.7 Å². The Morgan fingerprint density at radius 1 is 1.25 bits per heavy atom. The summed E-state index contributed by atoms with van der Waals surface area (Å²) in [5.74, 6) is -0.663. The van der Waals surface area contributed by atoms with Crippen LogP contribution in [0.1, 0.15) is 19.4 Å². The highest BCUT2D eigenvalue weighted by atomic mass is 35.5. The number of benzene rings is 1. The zero-order chi connectivity index (χ0) is 13.7. The van der Waals surface area contributed by atoms with Gasteiger partial charge in [0.15, 0.2) is 0 Å². The number of carbonyl (C=O) groups is 1. The number of carboxylic acid groups (broad SMARTS) is 1. The van der Waals surface area contributed by atoms with Crippen molar-refractivity contribution in [1.82, 2.24) is 4.90 Å². The smallest absolute Gasteiger partial charge is 0.321 e. The summed E-state index contributed by atoms with van der Waals surface area (Å²) in [4.78, 5) is 13.1. The van der Waals surface area contributed by atoms with Crippen molar-refractivity contribution in [3.8, 4) is 0 Å². The Bertz CT molecular complexity index is 397. The average Bonchev–Trinajstić information content (AvgIpc) is 2.27. The van der Waals surface area contributed by atoms with Gasteiger partial charge in [0, 0.05) is 12.2 Å². The van der Waals surface area contributed by atoms with Crippen LogP contribution in [0.25, 0.3) is 0 Å². The molecule has 1 rings (SSSR count). The number of nitrogen functional groups attached to an aromatic ring is 1. The maximum absolute atomic E-state index is 11.2. The van der Waals surface area contributed by atoms with Crippen molar-refractivity contribution in [3.05, 3.63) is 29.8 Å². The summed E-state index contributed by atoms with van der Waals surface area (Å²) >= 11 is 0. The second kappa shape index (κ2) is 9.86. The Morgan fingerprint density at radius 2 is 1.75 bits per heavy atom. The summed E-state index contributed by atoms with van der Waals surface area (Å²) in [5.41, 5.74) is 7.54. The highest BCUT2D eigenvalue weighted by molar-refractivity contribution is 5.85. The number of nitrogens with two attached hydrogens (primary N) is 1. The van der Waals surface area contributed by atoms with Crippen LogP contribution in [0.2, 0.25) is 0 Å². The molecule has 1 aromatic rings. The molecule has 0 amide bonds. The molecule has 0 fully saturated rings. The van der Waals surface area contributed by atoms with E-state index in [1.807, 2.05) is 50.1 Å². The van der Waals surface area contributed by atoms with Crippen LogP contribution < -0.4 is 5.73 Å². The average molecular weight is 323 g/mol. The van der Waals surface area contributed by atoms with E-state index < -0.39 is 12.0 Å². The number of rotatable bonds is 6. The lowest BCUT2D eigenvalue weighted by atomic mass is 10.0. The van der Waals surface area contributed by atoms with Gasteiger partial charge in [-0.2, -0.15) is 0 Å². The molecule has 6 heteroatoms. The zero-order valence-electron chi connectivity index (χ0n) is 12.1. The minimum Gasteiger partial charge on any atom is -0.480 e. The zero-order valence-corrected chi connectivity index (χ0v) is 13.7. The Balaban J connectivity index is 0. The SMILES string of the molecule is CC(C)[C@@H](C(=O)O)N(C)CCc1ccc(N)cc1.Cl.Cl. The third-order valence-electron chi connectivity index (χ3n) is 3.09. The molecule has 0 aromatic heterocycles. The molecule has 0 radical (unpaired) electrons. The number of aliphatic carboxylic acids is 1. The van der Waals surface area contributed by atoms with E-state index in [1.54, 1.807) is 0 Å². The van der Waals surface area contributed by atoms with Gasteiger partial charge in [-0.15, -0.1) is 24.8 Å². The van der Waals surface area contributed by atoms with Crippen LogP contribution >= 0.6 is 24.8 Å². The molecule has 116 valence electrons. The largest absolute Gasteiger partial charge is 0.480 e. The molecule has 0 saturated carbocycles. The third-order valence-corrected chi connectivity index (χ3v) is 3.09. The predicted molar refractivity (Wildman–Crippen MR) is 87.9 cm³/mol. The first-order chi connectivity index (χ1) is 8.41. The Kier molecular flexibility index (Phi) is 10.5. The molecule has 0 aliphatic rings. The van der Waals surface area contributed by atoms with Crippen LogP contribution in [0, 0.1) is 5.92 Å². The van der Waals surface area contributed by atoms with Gasteiger partial charge in [-0.05, 0) is 37.1 Å². The fourth-order valence-corrected chi connectivity index (χ4v) is 2.11. The summed E-state index contributed by atoms with van der Waals surface area (Å²) in [6.07, 6.45) is 0.827. The number of nitrogens with zero attached hydrogens (tertiary/aromatic N) is 1. The monoisotopic (exact) mass is 322 g/mol. The van der Waals surface area contributed by atoms with E-state index in [4.69, 9.17) is 5.73 Å². The van der Waals surface area contributed by atoms with Crippen molar-refractivity contribution < 1.29 is 9.90 Å². The van der Waals surface area contributed by atoms with Crippen LogP contribution in [0.5, 0.6) is 0 Å². The number of likely N-dealkylation sites (N-methyl/N-ethyl adjacent to an activating group) is 1. The van der Waals surface area contributed by atoms with E-state index in [1.165, 1.54) is 5.56 Å². The van der Waals surface area contributed by atoms with Gasteiger partial charge in [0.1, 0.15) is 6.04 Å². The number of halogens is 2. The minimum absolute atomic E-state index is 0. The third kappa shape index (κ3) is 6.46. The fourth-order valence-electron chi connectivity index (χ4n) is 2.11. The maximum Gasteiger partial charge on any atom is 0.321 e. The number of hydrogen-bond donors (Lipinski definition) is 2. The normalized spacial score (nSPS) is 11.7. The minimum atomic E-state index is -0.759. The van der Waals surface area contributed by atoms with Crippen LogP contribution in [-0.4, -0.2) is 35.6 Å². The van der Waals surface area contributed by atoms with E-state index in [-0.39, 0.29) is 30.7 Å². The maximum atomic E-state index is 11.2. The van der Waals surface area contributed by atoms with E-state index in [2.05, 4.69) is 0 Å². The van der Waals surface area contributed by atoms with E-state index in [9.17, 15) is 9.90 Å². The van der Waals surface area contributed by atoms with Crippen molar-refractivity contribution in [2.24, 2.45) is 5.92 Å².